The van der Waals surface area contributed by atoms with E-state index in [1.54, 1.807) is 0 Å². The van der Waals surface area contributed by atoms with Crippen molar-refractivity contribution in [3.63, 3.8) is 0 Å². The van der Waals surface area contributed by atoms with Gasteiger partial charge in [0.1, 0.15) is 5.75 Å². The Kier molecular flexibility index (Phi) is 4.17. The van der Waals surface area contributed by atoms with Gasteiger partial charge in [-0.1, -0.05) is 51.0 Å². The maximum atomic E-state index is 5.70. The molecule has 0 radical (unpaired) electrons. The number of hydrogen-bond donors (Lipinski definition) is 0. The zero-order chi connectivity index (χ0) is 12.1. The van der Waals surface area contributed by atoms with Gasteiger partial charge < -0.3 is 4.74 Å². The Bertz CT molecular complexity index is 465. The Labute approximate surface area is 105 Å². The smallest absolute Gasteiger partial charge is 0.120 e. The first-order valence-corrected chi connectivity index (χ1v) is 6.83. The maximum absolute atomic E-state index is 5.70. The highest BCUT2D eigenvalue weighted by Gasteiger charge is 2.00. The average molecular weight is 244 g/mol. The summed E-state index contributed by atoms with van der Waals surface area (Å²) in [6.07, 6.45) is 0.227. The van der Waals surface area contributed by atoms with Gasteiger partial charge in [-0.3, -0.25) is 0 Å². The van der Waals surface area contributed by atoms with Gasteiger partial charge in [0.25, 0.3) is 0 Å². The lowest BCUT2D eigenvalue weighted by Gasteiger charge is -2.10. The van der Waals surface area contributed by atoms with Gasteiger partial charge in [0.15, 0.2) is 0 Å². The van der Waals surface area contributed by atoms with Crippen molar-refractivity contribution in [2.75, 3.05) is 0 Å². The summed E-state index contributed by atoms with van der Waals surface area (Å²) in [6, 6.07) is 18.9. The number of ether oxygens (including phenoxy) is 1. The summed E-state index contributed by atoms with van der Waals surface area (Å²) in [7, 11) is 0.690. The minimum atomic E-state index is 0.227. The monoisotopic (exact) mass is 244 g/mol. The topological polar surface area (TPSA) is 9.23 Å². The van der Waals surface area contributed by atoms with Crippen LogP contribution in [0.3, 0.4) is 0 Å². The quantitative estimate of drug-likeness (QED) is 0.751. The molecule has 0 saturated carbocycles. The van der Waals surface area contributed by atoms with Crippen LogP contribution >= 0.6 is 8.58 Å². The zero-order valence-corrected chi connectivity index (χ0v) is 11.2. The fraction of sp³-hybridized carbons (Fsp3) is 0.200. The first-order valence-electron chi connectivity index (χ1n) is 5.83. The van der Waals surface area contributed by atoms with Gasteiger partial charge in [-0.2, -0.15) is 0 Å². The first-order chi connectivity index (χ1) is 8.24. The van der Waals surface area contributed by atoms with Crippen molar-refractivity contribution < 1.29 is 4.74 Å². The first kappa shape index (κ1) is 12.1. The largest absolute Gasteiger partial charge is 0.491 e. The third kappa shape index (κ3) is 3.87. The van der Waals surface area contributed by atoms with E-state index in [-0.39, 0.29) is 6.10 Å². The second-order valence-electron chi connectivity index (χ2n) is 4.19. The van der Waals surface area contributed by atoms with E-state index in [0.29, 0.717) is 8.58 Å². The van der Waals surface area contributed by atoms with Gasteiger partial charge in [-0.05, 0) is 36.6 Å². The Balaban J connectivity index is 2.11. The van der Waals surface area contributed by atoms with Crippen LogP contribution in [0.5, 0.6) is 5.75 Å². The molecule has 0 saturated heterocycles. The molecule has 0 aliphatic rings. The molecule has 0 fully saturated rings. The molecule has 2 aromatic carbocycles. The lowest BCUT2D eigenvalue weighted by molar-refractivity contribution is 0.242. The second kappa shape index (κ2) is 5.84. The van der Waals surface area contributed by atoms with Crippen LogP contribution in [0.1, 0.15) is 13.8 Å². The van der Waals surface area contributed by atoms with E-state index in [9.17, 15) is 0 Å². The number of benzene rings is 2. The highest BCUT2D eigenvalue weighted by atomic mass is 31.1. The molecule has 0 N–H and O–H groups in total. The van der Waals surface area contributed by atoms with E-state index in [1.165, 1.54) is 10.6 Å². The van der Waals surface area contributed by atoms with E-state index >= 15 is 0 Å². The van der Waals surface area contributed by atoms with Gasteiger partial charge in [0.05, 0.1) is 6.10 Å². The van der Waals surface area contributed by atoms with E-state index in [4.69, 9.17) is 4.74 Å². The van der Waals surface area contributed by atoms with Crippen LogP contribution in [0.15, 0.2) is 54.6 Å². The molecule has 2 rings (SSSR count). The van der Waals surface area contributed by atoms with Gasteiger partial charge in [-0.25, -0.2) is 0 Å². The summed E-state index contributed by atoms with van der Waals surface area (Å²) in [6.45, 7) is 4.10. The molecule has 2 aromatic rings. The van der Waals surface area contributed by atoms with E-state index in [1.807, 2.05) is 26.0 Å². The van der Waals surface area contributed by atoms with Gasteiger partial charge >= 0.3 is 0 Å². The number of rotatable bonds is 4. The van der Waals surface area contributed by atoms with Gasteiger partial charge in [-0.15, -0.1) is 0 Å². The maximum Gasteiger partial charge on any atom is 0.120 e. The van der Waals surface area contributed by atoms with Crippen LogP contribution in [0.25, 0.3) is 0 Å². The average Bonchev–Trinajstić information content (AvgIpc) is 2.30. The summed E-state index contributed by atoms with van der Waals surface area (Å²) in [5.74, 6) is 0.959. The fourth-order valence-corrected chi connectivity index (χ4v) is 2.69. The number of hydrogen-bond acceptors (Lipinski definition) is 1. The SMILES string of the molecule is CC(C)Oc1cccc(Pc2ccccc2)c1. The minimum Gasteiger partial charge on any atom is -0.491 e. The van der Waals surface area contributed by atoms with Crippen LogP contribution in [0, 0.1) is 0 Å². The van der Waals surface area contributed by atoms with Crippen LogP contribution < -0.4 is 15.3 Å². The van der Waals surface area contributed by atoms with Crippen LogP contribution in [0.4, 0.5) is 0 Å². The molecular weight excluding hydrogens is 227 g/mol. The molecule has 1 nitrogen and oxygen atoms in total. The molecule has 0 aliphatic heterocycles. The normalized spacial score (nSPS) is 11.2. The molecule has 0 bridgehead atoms. The van der Waals surface area contributed by atoms with E-state index in [0.717, 1.165) is 5.75 Å². The summed E-state index contributed by atoms with van der Waals surface area (Å²) < 4.78 is 5.70. The van der Waals surface area contributed by atoms with Crippen molar-refractivity contribution in [2.24, 2.45) is 0 Å². The molecule has 2 heteroatoms. The van der Waals surface area contributed by atoms with Crippen molar-refractivity contribution in [1.82, 2.24) is 0 Å². The Morgan fingerprint density at radius 3 is 2.29 bits per heavy atom. The molecule has 17 heavy (non-hydrogen) atoms. The molecule has 0 spiro atoms. The molecule has 1 unspecified atom stereocenters. The van der Waals surface area contributed by atoms with Crippen molar-refractivity contribution in [1.29, 1.82) is 0 Å². The van der Waals surface area contributed by atoms with E-state index < -0.39 is 0 Å². The Morgan fingerprint density at radius 2 is 1.59 bits per heavy atom. The Hall–Kier alpha value is -1.33. The minimum absolute atomic E-state index is 0.227. The standard InChI is InChI=1S/C15H17OP/c1-12(2)16-13-7-6-10-15(11-13)17-14-8-4-3-5-9-14/h3-12,17H,1-2H3. The van der Waals surface area contributed by atoms with Crippen molar-refractivity contribution >= 4 is 19.2 Å². The Morgan fingerprint density at radius 1 is 0.882 bits per heavy atom. The second-order valence-corrected chi connectivity index (χ2v) is 5.59. The van der Waals surface area contributed by atoms with E-state index in [2.05, 4.69) is 42.5 Å². The highest BCUT2D eigenvalue weighted by molar-refractivity contribution is 7.55. The van der Waals surface area contributed by atoms with Crippen LogP contribution in [-0.4, -0.2) is 6.10 Å². The molecular formula is C15H17OP. The summed E-state index contributed by atoms with van der Waals surface area (Å²) in [5.41, 5.74) is 0. The lowest BCUT2D eigenvalue weighted by Crippen LogP contribution is -2.08. The molecule has 0 aliphatic carbocycles. The van der Waals surface area contributed by atoms with Gasteiger partial charge in [0.2, 0.25) is 0 Å². The summed E-state index contributed by atoms with van der Waals surface area (Å²) >= 11 is 0. The van der Waals surface area contributed by atoms with Gasteiger partial charge in [0, 0.05) is 0 Å². The third-order valence-electron chi connectivity index (χ3n) is 2.27. The predicted molar refractivity (Wildman–Crippen MR) is 76.2 cm³/mol. The zero-order valence-electron chi connectivity index (χ0n) is 10.2. The van der Waals surface area contributed by atoms with Crippen molar-refractivity contribution in [3.8, 4) is 5.75 Å². The summed E-state index contributed by atoms with van der Waals surface area (Å²) in [5, 5.41) is 2.67. The van der Waals surface area contributed by atoms with Crippen molar-refractivity contribution in [2.45, 2.75) is 20.0 Å². The highest BCUT2D eigenvalue weighted by Crippen LogP contribution is 2.16. The fourth-order valence-electron chi connectivity index (χ4n) is 1.61. The van der Waals surface area contributed by atoms with Crippen molar-refractivity contribution in [3.05, 3.63) is 54.6 Å². The molecule has 1 atom stereocenters. The third-order valence-corrected chi connectivity index (χ3v) is 3.49. The molecule has 0 heterocycles. The predicted octanol–water partition coefficient (Wildman–Crippen LogP) is 3.10. The van der Waals surface area contributed by atoms with Crippen LogP contribution in [0.2, 0.25) is 0 Å². The molecule has 0 amide bonds. The molecule has 0 aromatic heterocycles. The lowest BCUT2D eigenvalue weighted by atomic mass is 10.3. The molecule has 88 valence electrons. The summed E-state index contributed by atoms with van der Waals surface area (Å²) in [4.78, 5) is 0. The van der Waals surface area contributed by atoms with Crippen LogP contribution in [-0.2, 0) is 0 Å².